The molecule has 0 fully saturated rings. The molecule has 1 unspecified atom stereocenters. The van der Waals surface area contributed by atoms with Crippen LogP contribution in [-0.4, -0.2) is 90.2 Å². The SMILES string of the molecule is COC(=O)C[C@@H](NC(=O)C(NC(=O)[C@@H](NC1=NCC(=O)N[C@@H](CC(C)C)C(=O)N[C@@H](C(C)C)C(=O)N[C@H]1C(C)(C)C)C(C)(C)C)[C@@H](C)c1ccccc1)c1nccs1. The lowest BCUT2D eigenvalue weighted by molar-refractivity contribution is -0.141. The van der Waals surface area contributed by atoms with Crippen molar-refractivity contribution in [2.45, 2.75) is 131 Å². The molecule has 0 saturated heterocycles. The lowest BCUT2D eigenvalue weighted by atomic mass is 9.82. The molecular formula is C42H64N8O7S. The topological polar surface area (TPSA) is 209 Å². The van der Waals surface area contributed by atoms with E-state index in [1.54, 1.807) is 11.6 Å². The molecule has 6 N–H and O–H groups in total. The van der Waals surface area contributed by atoms with Crippen LogP contribution in [0.15, 0.2) is 46.9 Å². The van der Waals surface area contributed by atoms with Crippen molar-refractivity contribution in [3.8, 4) is 0 Å². The number of ether oxygens (including phenoxy) is 1. The molecule has 7 atom stereocenters. The molecule has 0 spiro atoms. The van der Waals surface area contributed by atoms with E-state index in [0.29, 0.717) is 11.4 Å². The fraction of sp³-hybridized carbons (Fsp3) is 0.619. The van der Waals surface area contributed by atoms with Gasteiger partial charge in [-0.3, -0.25) is 33.8 Å². The molecule has 0 bridgehead atoms. The standard InChI is InChI=1S/C42H64N8O7S/c1-23(2)20-27-36(53)47-31(24(3)4)37(54)50-33(41(6,7)8)35(44-22-29(51)45-27)49-34(42(9,10)11)39(56)48-32(25(5)26-16-14-13-15-17-26)38(55)46-28(21-30(52)57-12)40-43-18-19-58-40/h13-19,23-25,27-28,31-34H,20-22H2,1-12H3,(H,44,49)(H,45,51)(H,46,55)(H,47,53)(H,48,56)(H,50,54)/t25-,27-,28+,31-,32?,33+,34+/m0/s1. The van der Waals surface area contributed by atoms with E-state index in [9.17, 15) is 28.8 Å². The number of nitrogens with zero attached hydrogens (tertiary/aromatic N) is 2. The van der Waals surface area contributed by atoms with Crippen LogP contribution in [0.3, 0.4) is 0 Å². The Morgan fingerprint density at radius 1 is 0.897 bits per heavy atom. The zero-order valence-electron chi connectivity index (χ0n) is 36.0. The third-order valence-corrected chi connectivity index (χ3v) is 10.8. The highest BCUT2D eigenvalue weighted by Gasteiger charge is 2.41. The van der Waals surface area contributed by atoms with Gasteiger partial charge in [0.15, 0.2) is 0 Å². The van der Waals surface area contributed by atoms with E-state index in [1.165, 1.54) is 18.4 Å². The van der Waals surface area contributed by atoms with Gasteiger partial charge in [0.2, 0.25) is 29.5 Å². The average molecular weight is 825 g/mol. The number of aromatic nitrogens is 1. The minimum Gasteiger partial charge on any atom is -0.469 e. The fourth-order valence-electron chi connectivity index (χ4n) is 6.58. The van der Waals surface area contributed by atoms with Crippen molar-refractivity contribution in [2.75, 3.05) is 13.7 Å². The number of hydrogen-bond donors (Lipinski definition) is 6. The van der Waals surface area contributed by atoms with Gasteiger partial charge in [-0.15, -0.1) is 11.3 Å². The molecule has 2 heterocycles. The first kappa shape index (κ1) is 47.5. The van der Waals surface area contributed by atoms with Gasteiger partial charge >= 0.3 is 5.97 Å². The Balaban J connectivity index is 2.10. The van der Waals surface area contributed by atoms with Crippen LogP contribution in [-0.2, 0) is 33.5 Å². The zero-order chi connectivity index (χ0) is 43.5. The molecule has 0 aliphatic carbocycles. The van der Waals surface area contributed by atoms with Gasteiger partial charge in [-0.1, -0.05) is 106 Å². The van der Waals surface area contributed by atoms with Gasteiger partial charge in [0.25, 0.3) is 0 Å². The number of carbonyl (C=O) groups is 6. The molecule has 16 heteroatoms. The van der Waals surface area contributed by atoms with E-state index >= 15 is 0 Å². The first-order valence-corrected chi connectivity index (χ1v) is 20.7. The molecule has 2 aromatic rings. The number of carbonyl (C=O) groups excluding carboxylic acids is 6. The summed E-state index contributed by atoms with van der Waals surface area (Å²) in [6.07, 6.45) is 1.75. The summed E-state index contributed by atoms with van der Waals surface area (Å²) >= 11 is 1.28. The second-order valence-corrected chi connectivity index (χ2v) is 18.8. The second-order valence-electron chi connectivity index (χ2n) is 17.8. The summed E-state index contributed by atoms with van der Waals surface area (Å²) < 4.78 is 4.90. The number of hydrogen-bond acceptors (Lipinski definition) is 11. The minimum absolute atomic E-state index is 0.0638. The summed E-state index contributed by atoms with van der Waals surface area (Å²) in [5.74, 6) is -3.63. The van der Waals surface area contributed by atoms with E-state index in [1.807, 2.05) is 106 Å². The van der Waals surface area contributed by atoms with Crippen LogP contribution in [0.2, 0.25) is 0 Å². The number of benzene rings is 1. The van der Waals surface area contributed by atoms with E-state index < -0.39 is 95.0 Å². The van der Waals surface area contributed by atoms with Crippen LogP contribution in [0.5, 0.6) is 0 Å². The van der Waals surface area contributed by atoms with Crippen LogP contribution in [0.1, 0.15) is 112 Å². The predicted octanol–water partition coefficient (Wildman–Crippen LogP) is 3.77. The van der Waals surface area contributed by atoms with Gasteiger partial charge in [-0.25, -0.2) is 4.98 Å². The van der Waals surface area contributed by atoms with Gasteiger partial charge in [-0.2, -0.15) is 0 Å². The Morgan fingerprint density at radius 3 is 2.09 bits per heavy atom. The lowest BCUT2D eigenvalue weighted by Gasteiger charge is -2.39. The van der Waals surface area contributed by atoms with Crippen molar-refractivity contribution >= 4 is 52.7 Å². The monoisotopic (exact) mass is 824 g/mol. The quantitative estimate of drug-likeness (QED) is 0.162. The van der Waals surface area contributed by atoms with Crippen molar-refractivity contribution in [3.63, 3.8) is 0 Å². The van der Waals surface area contributed by atoms with Gasteiger partial charge in [0.1, 0.15) is 41.6 Å². The largest absolute Gasteiger partial charge is 0.469 e. The van der Waals surface area contributed by atoms with Crippen molar-refractivity contribution < 1.29 is 33.5 Å². The summed E-state index contributed by atoms with van der Waals surface area (Å²) in [6.45, 7) is 20.2. The van der Waals surface area contributed by atoms with Crippen molar-refractivity contribution in [2.24, 2.45) is 27.7 Å². The Morgan fingerprint density at radius 2 is 1.55 bits per heavy atom. The molecule has 1 aliphatic rings. The summed E-state index contributed by atoms with van der Waals surface area (Å²) in [5, 5.41) is 20.2. The maximum Gasteiger partial charge on any atom is 0.308 e. The van der Waals surface area contributed by atoms with Gasteiger partial charge < -0.3 is 36.6 Å². The Labute approximate surface area is 347 Å². The van der Waals surface area contributed by atoms with Gasteiger partial charge in [0.05, 0.1) is 25.6 Å². The van der Waals surface area contributed by atoms with Crippen molar-refractivity contribution in [1.29, 1.82) is 0 Å². The number of amidine groups is 1. The average Bonchev–Trinajstić information content (AvgIpc) is 3.68. The Hall–Kier alpha value is -4.86. The highest BCUT2D eigenvalue weighted by atomic mass is 32.1. The van der Waals surface area contributed by atoms with Gasteiger partial charge in [-0.05, 0) is 34.7 Å². The maximum atomic E-state index is 14.7. The smallest absolute Gasteiger partial charge is 0.308 e. The molecular weight excluding hydrogens is 761 g/mol. The first-order chi connectivity index (χ1) is 27.0. The van der Waals surface area contributed by atoms with E-state index in [4.69, 9.17) is 9.73 Å². The molecule has 1 aromatic heterocycles. The van der Waals surface area contributed by atoms with Crippen LogP contribution < -0.4 is 31.9 Å². The number of aliphatic imine (C=N–C) groups is 1. The van der Waals surface area contributed by atoms with E-state index in [-0.39, 0.29) is 24.1 Å². The lowest BCUT2D eigenvalue weighted by Crippen LogP contribution is -2.65. The van der Waals surface area contributed by atoms with E-state index in [2.05, 4.69) is 36.9 Å². The molecule has 5 amide bonds. The minimum atomic E-state index is -1.13. The highest BCUT2D eigenvalue weighted by molar-refractivity contribution is 7.09. The number of rotatable bonds is 13. The molecule has 3 rings (SSSR count). The number of methoxy groups -OCH3 is 1. The molecule has 15 nitrogen and oxygen atoms in total. The summed E-state index contributed by atoms with van der Waals surface area (Å²) in [7, 11) is 1.27. The molecule has 0 radical (unpaired) electrons. The van der Waals surface area contributed by atoms with Crippen molar-refractivity contribution in [3.05, 3.63) is 52.5 Å². The molecule has 58 heavy (non-hydrogen) atoms. The number of thiazole rings is 1. The molecule has 1 aliphatic heterocycles. The number of amides is 5. The Kier molecular flexibility index (Phi) is 17.0. The third kappa shape index (κ3) is 13.6. The second kappa shape index (κ2) is 20.7. The summed E-state index contributed by atoms with van der Waals surface area (Å²) in [5.41, 5.74) is -0.732. The number of nitrogens with one attached hydrogen (secondary N) is 6. The summed E-state index contributed by atoms with van der Waals surface area (Å²) in [6, 6.07) is 3.60. The predicted molar refractivity (Wildman–Crippen MR) is 225 cm³/mol. The van der Waals surface area contributed by atoms with Gasteiger partial charge in [0, 0.05) is 17.5 Å². The van der Waals surface area contributed by atoms with Crippen LogP contribution in [0, 0.1) is 22.7 Å². The third-order valence-electron chi connectivity index (χ3n) is 9.92. The molecule has 1 aromatic carbocycles. The fourth-order valence-corrected chi connectivity index (χ4v) is 7.27. The molecule has 0 saturated carbocycles. The maximum absolute atomic E-state index is 14.7. The van der Waals surface area contributed by atoms with Crippen molar-refractivity contribution in [1.82, 2.24) is 36.9 Å². The van der Waals surface area contributed by atoms with E-state index in [0.717, 1.165) is 5.56 Å². The summed E-state index contributed by atoms with van der Waals surface area (Å²) in [4.78, 5) is 91.5. The Bertz CT molecular complexity index is 1750. The van der Waals surface area contributed by atoms with Crippen LogP contribution in [0.4, 0.5) is 0 Å². The first-order valence-electron chi connectivity index (χ1n) is 19.9. The zero-order valence-corrected chi connectivity index (χ0v) is 36.8. The van der Waals surface area contributed by atoms with Crippen LogP contribution >= 0.6 is 11.3 Å². The highest BCUT2D eigenvalue weighted by Crippen LogP contribution is 2.27. The molecule has 320 valence electrons. The normalized spacial score (nSPS) is 20.5. The van der Waals surface area contributed by atoms with Crippen LogP contribution in [0.25, 0.3) is 0 Å². The number of esters is 1.